The summed E-state index contributed by atoms with van der Waals surface area (Å²) in [7, 11) is 0. The number of aliphatic hydroxyl groups is 1. The largest absolute Gasteiger partial charge is 0.392 e. The Morgan fingerprint density at radius 2 is 1.28 bits per heavy atom. The molecule has 0 aromatic carbocycles. The van der Waals surface area contributed by atoms with Crippen LogP contribution in [0.25, 0.3) is 0 Å². The molecule has 0 saturated carbocycles. The van der Waals surface area contributed by atoms with Crippen molar-refractivity contribution in [2.24, 2.45) is 22.6 Å². The van der Waals surface area contributed by atoms with Gasteiger partial charge in [0, 0.05) is 10.8 Å². The molecule has 0 aliphatic heterocycles. The molecular formula is C11H22N2O5. The summed E-state index contributed by atoms with van der Waals surface area (Å²) in [5.74, 6) is 8.28. The van der Waals surface area contributed by atoms with Crippen LogP contribution in [0.2, 0.25) is 0 Å². The van der Waals surface area contributed by atoms with Gasteiger partial charge in [0.15, 0.2) is 0 Å². The first-order chi connectivity index (χ1) is 8.06. The molecule has 0 aromatic heterocycles. The molecular weight excluding hydrogens is 240 g/mol. The second-order valence-corrected chi connectivity index (χ2v) is 5.71. The molecule has 0 aromatic rings. The first-order valence-electron chi connectivity index (χ1n) is 5.54. The van der Waals surface area contributed by atoms with E-state index in [0.717, 1.165) is 0 Å². The van der Waals surface area contributed by atoms with E-state index in [4.69, 9.17) is 11.8 Å². The fourth-order valence-corrected chi connectivity index (χ4v) is 2.08. The topological polar surface area (TPSA) is 125 Å². The molecule has 106 valence electrons. The average Bonchev–Trinajstić information content (AvgIpc) is 2.26. The lowest BCUT2D eigenvalue weighted by molar-refractivity contribution is -0.154. The summed E-state index contributed by atoms with van der Waals surface area (Å²) in [6, 6.07) is 0. The maximum Gasteiger partial charge on any atom is 0.325 e. The van der Waals surface area contributed by atoms with Gasteiger partial charge < -0.3 is 14.8 Å². The Hall–Kier alpha value is -1.18. The highest BCUT2D eigenvalue weighted by atomic mass is 16.7. The fourth-order valence-electron chi connectivity index (χ4n) is 2.08. The van der Waals surface area contributed by atoms with Crippen molar-refractivity contribution in [1.29, 1.82) is 0 Å². The average molecular weight is 262 g/mol. The van der Waals surface area contributed by atoms with E-state index in [9.17, 15) is 14.7 Å². The molecule has 0 aliphatic carbocycles. The third kappa shape index (κ3) is 4.59. The van der Waals surface area contributed by atoms with Crippen LogP contribution >= 0.6 is 0 Å². The fraction of sp³-hybridized carbons (Fsp3) is 0.818. The molecule has 0 bridgehead atoms. The van der Waals surface area contributed by atoms with Gasteiger partial charge in [-0.2, -0.15) is 11.8 Å². The van der Waals surface area contributed by atoms with Gasteiger partial charge in [0.25, 0.3) is 0 Å². The van der Waals surface area contributed by atoms with E-state index in [1.165, 1.54) is 0 Å². The zero-order valence-electron chi connectivity index (χ0n) is 11.2. The van der Waals surface area contributed by atoms with E-state index in [2.05, 4.69) is 9.68 Å². The van der Waals surface area contributed by atoms with Gasteiger partial charge in [-0.15, -0.1) is 0 Å². The van der Waals surface area contributed by atoms with Crippen LogP contribution in [0, 0.1) is 10.8 Å². The van der Waals surface area contributed by atoms with Crippen molar-refractivity contribution in [3.8, 4) is 0 Å². The summed E-state index contributed by atoms with van der Waals surface area (Å²) in [4.78, 5) is 30.5. The molecule has 5 N–H and O–H groups in total. The minimum absolute atomic E-state index is 0.0637. The lowest BCUT2D eigenvalue weighted by Gasteiger charge is -2.39. The van der Waals surface area contributed by atoms with Gasteiger partial charge in [-0.05, 0) is 0 Å². The van der Waals surface area contributed by atoms with Gasteiger partial charge >= 0.3 is 11.9 Å². The second-order valence-electron chi connectivity index (χ2n) is 5.71. The monoisotopic (exact) mass is 262 g/mol. The Labute approximate surface area is 106 Å². The maximum atomic E-state index is 11.2. The van der Waals surface area contributed by atoms with Crippen molar-refractivity contribution in [2.45, 2.75) is 46.6 Å². The summed E-state index contributed by atoms with van der Waals surface area (Å²) < 4.78 is 0. The van der Waals surface area contributed by atoms with Gasteiger partial charge in [0.2, 0.25) is 0 Å². The van der Waals surface area contributed by atoms with Gasteiger partial charge in [-0.25, -0.2) is 0 Å². The number of nitrogens with two attached hydrogens (primary N) is 2. The predicted octanol–water partition coefficient (Wildman–Crippen LogP) is 0.0137. The van der Waals surface area contributed by atoms with Crippen molar-refractivity contribution in [1.82, 2.24) is 0 Å². The Bertz CT molecular complexity index is 285. The van der Waals surface area contributed by atoms with Crippen molar-refractivity contribution < 1.29 is 24.4 Å². The van der Waals surface area contributed by atoms with Crippen LogP contribution in [0.3, 0.4) is 0 Å². The first-order valence-corrected chi connectivity index (χ1v) is 5.54. The number of rotatable bonds is 6. The standard InChI is InChI=1S/C11H22N2O5/c1-10(2,5-7(14)17-12)9(16)11(3,4)6-8(15)18-13/h9,16H,5-6,12-13H2,1-4H3. The number of carbonyl (C=O) groups is 2. The first kappa shape index (κ1) is 16.8. The molecule has 0 amide bonds. The molecule has 7 nitrogen and oxygen atoms in total. The molecule has 0 unspecified atom stereocenters. The molecule has 18 heavy (non-hydrogen) atoms. The van der Waals surface area contributed by atoms with Gasteiger partial charge in [-0.1, -0.05) is 27.7 Å². The summed E-state index contributed by atoms with van der Waals surface area (Å²) in [6.07, 6.45) is -1.07. The van der Waals surface area contributed by atoms with E-state index in [1.54, 1.807) is 27.7 Å². The zero-order valence-corrected chi connectivity index (χ0v) is 11.2. The van der Waals surface area contributed by atoms with Crippen molar-refractivity contribution in [3.05, 3.63) is 0 Å². The van der Waals surface area contributed by atoms with Crippen LogP contribution in [-0.2, 0) is 19.3 Å². The smallest absolute Gasteiger partial charge is 0.325 e. The predicted molar refractivity (Wildman–Crippen MR) is 63.4 cm³/mol. The van der Waals surface area contributed by atoms with Crippen LogP contribution in [0.4, 0.5) is 0 Å². The van der Waals surface area contributed by atoms with Crippen LogP contribution in [0.5, 0.6) is 0 Å². The van der Waals surface area contributed by atoms with E-state index in [1.807, 2.05) is 0 Å². The highest BCUT2D eigenvalue weighted by Gasteiger charge is 2.42. The minimum atomic E-state index is -0.941. The molecule has 0 heterocycles. The van der Waals surface area contributed by atoms with E-state index in [0.29, 0.717) is 0 Å². The summed E-state index contributed by atoms with van der Waals surface area (Å²) in [6.45, 7) is 6.74. The maximum absolute atomic E-state index is 11.2. The molecule has 0 radical (unpaired) electrons. The third-order valence-corrected chi connectivity index (χ3v) is 2.94. The van der Waals surface area contributed by atoms with Gasteiger partial charge in [0.05, 0.1) is 18.9 Å². The van der Waals surface area contributed by atoms with Crippen molar-refractivity contribution in [2.75, 3.05) is 0 Å². The summed E-state index contributed by atoms with van der Waals surface area (Å²) in [5.41, 5.74) is -1.59. The molecule has 0 aliphatic rings. The van der Waals surface area contributed by atoms with Gasteiger partial charge in [-0.3, -0.25) is 9.59 Å². The third-order valence-electron chi connectivity index (χ3n) is 2.94. The Morgan fingerprint density at radius 3 is 1.50 bits per heavy atom. The second kappa shape index (κ2) is 6.12. The highest BCUT2D eigenvalue weighted by molar-refractivity contribution is 5.71. The Balaban J connectivity index is 4.83. The molecule has 0 saturated heterocycles. The molecule has 0 atom stereocenters. The van der Waals surface area contributed by atoms with E-state index in [-0.39, 0.29) is 12.8 Å². The zero-order chi connectivity index (χ0) is 14.6. The van der Waals surface area contributed by atoms with Crippen LogP contribution in [0.1, 0.15) is 40.5 Å². The minimum Gasteiger partial charge on any atom is -0.392 e. The van der Waals surface area contributed by atoms with Crippen molar-refractivity contribution in [3.63, 3.8) is 0 Å². The van der Waals surface area contributed by atoms with Crippen molar-refractivity contribution >= 4 is 11.9 Å². The molecule has 0 rings (SSSR count). The lowest BCUT2D eigenvalue weighted by Crippen LogP contribution is -2.44. The molecule has 7 heteroatoms. The Kier molecular flexibility index (Phi) is 5.72. The number of hydrogen-bond acceptors (Lipinski definition) is 7. The van der Waals surface area contributed by atoms with Crippen LogP contribution in [-0.4, -0.2) is 23.1 Å². The number of hydrogen-bond donors (Lipinski definition) is 3. The molecule has 0 spiro atoms. The lowest BCUT2D eigenvalue weighted by atomic mass is 9.69. The van der Waals surface area contributed by atoms with Crippen LogP contribution in [0.15, 0.2) is 0 Å². The summed E-state index contributed by atoms with van der Waals surface area (Å²) in [5, 5.41) is 10.3. The SMILES string of the molecule is CC(C)(CC(=O)ON)C(O)C(C)(C)CC(=O)ON. The van der Waals surface area contributed by atoms with Gasteiger partial charge in [0.1, 0.15) is 0 Å². The Morgan fingerprint density at radius 1 is 1.00 bits per heavy atom. The number of aliphatic hydroxyl groups excluding tert-OH is 1. The molecule has 0 fully saturated rings. The quantitative estimate of drug-likeness (QED) is 0.576. The van der Waals surface area contributed by atoms with E-state index >= 15 is 0 Å². The number of carbonyl (C=O) groups excluding carboxylic acids is 2. The normalized spacial score (nSPS) is 12.4. The van der Waals surface area contributed by atoms with Crippen LogP contribution < -0.4 is 11.8 Å². The highest BCUT2D eigenvalue weighted by Crippen LogP contribution is 2.39. The summed E-state index contributed by atoms with van der Waals surface area (Å²) >= 11 is 0. The van der Waals surface area contributed by atoms with E-state index < -0.39 is 28.9 Å².